The van der Waals surface area contributed by atoms with Crippen LogP contribution < -0.4 is 11.1 Å². The van der Waals surface area contributed by atoms with Crippen LogP contribution >= 0.6 is 11.3 Å². The van der Waals surface area contributed by atoms with E-state index >= 15 is 0 Å². The zero-order valence-electron chi connectivity index (χ0n) is 9.12. The molecule has 0 radical (unpaired) electrons. The van der Waals surface area contributed by atoms with Gasteiger partial charge in [-0.2, -0.15) is 0 Å². The topological polar surface area (TPSA) is 143 Å². The van der Waals surface area contributed by atoms with Crippen LogP contribution in [-0.2, 0) is 16.1 Å². The molecule has 1 unspecified atom stereocenters. The lowest BCUT2D eigenvalue weighted by atomic mass is 10.2. The van der Waals surface area contributed by atoms with E-state index in [1.54, 1.807) is 0 Å². The average molecular weight is 273 g/mol. The Balaban J connectivity index is 2.71. The Morgan fingerprint density at radius 3 is 2.56 bits per heavy atom. The van der Waals surface area contributed by atoms with Gasteiger partial charge in [-0.15, -0.1) is 11.3 Å². The lowest BCUT2D eigenvalue weighted by Gasteiger charge is -2.10. The number of aromatic nitrogens is 1. The van der Waals surface area contributed by atoms with Crippen molar-refractivity contribution in [3.8, 4) is 0 Å². The maximum atomic E-state index is 11.6. The summed E-state index contributed by atoms with van der Waals surface area (Å²) in [5, 5.41) is 21.3. The van der Waals surface area contributed by atoms with Crippen molar-refractivity contribution in [2.75, 3.05) is 0 Å². The minimum Gasteiger partial charge on any atom is -0.481 e. The first-order valence-electron chi connectivity index (χ1n) is 4.84. The van der Waals surface area contributed by atoms with E-state index in [1.165, 1.54) is 16.7 Å². The third-order valence-electron chi connectivity index (χ3n) is 1.94. The molecule has 0 bridgehead atoms. The second-order valence-electron chi connectivity index (χ2n) is 3.29. The van der Waals surface area contributed by atoms with E-state index in [9.17, 15) is 14.4 Å². The number of nitrogens with one attached hydrogen (secondary N) is 1. The van der Waals surface area contributed by atoms with Crippen LogP contribution in [0.3, 0.4) is 0 Å². The maximum absolute atomic E-state index is 11.6. The van der Waals surface area contributed by atoms with E-state index < -0.39 is 30.3 Å². The van der Waals surface area contributed by atoms with Gasteiger partial charge in [0.2, 0.25) is 0 Å². The van der Waals surface area contributed by atoms with Crippen LogP contribution in [0.4, 0.5) is 0 Å². The SMILES string of the molecule is NCc1nc(C(=O)NC(CC(=O)O)C(=O)O)cs1. The van der Waals surface area contributed by atoms with Crippen molar-refractivity contribution in [2.45, 2.75) is 19.0 Å². The number of nitrogens with two attached hydrogens (primary N) is 1. The third-order valence-corrected chi connectivity index (χ3v) is 2.81. The highest BCUT2D eigenvalue weighted by atomic mass is 32.1. The molecule has 5 N–H and O–H groups in total. The predicted molar refractivity (Wildman–Crippen MR) is 61.1 cm³/mol. The Morgan fingerprint density at radius 1 is 1.44 bits per heavy atom. The van der Waals surface area contributed by atoms with Gasteiger partial charge in [0.15, 0.2) is 0 Å². The molecule has 0 aliphatic carbocycles. The summed E-state index contributed by atoms with van der Waals surface area (Å²) >= 11 is 1.17. The minimum atomic E-state index is -1.49. The van der Waals surface area contributed by atoms with E-state index in [-0.39, 0.29) is 12.2 Å². The van der Waals surface area contributed by atoms with Gasteiger partial charge in [-0.25, -0.2) is 9.78 Å². The molecule has 1 atom stereocenters. The predicted octanol–water partition coefficient (Wildman–Crippen LogP) is -0.740. The van der Waals surface area contributed by atoms with Gasteiger partial charge in [0.1, 0.15) is 16.7 Å². The van der Waals surface area contributed by atoms with Crippen LogP contribution in [0.15, 0.2) is 5.38 Å². The summed E-state index contributed by atoms with van der Waals surface area (Å²) in [6, 6.07) is -1.49. The van der Waals surface area contributed by atoms with E-state index in [0.29, 0.717) is 5.01 Å². The molecule has 0 saturated carbocycles. The number of rotatable bonds is 6. The Bertz CT molecular complexity index is 473. The molecule has 9 heteroatoms. The van der Waals surface area contributed by atoms with Crippen molar-refractivity contribution in [3.05, 3.63) is 16.1 Å². The van der Waals surface area contributed by atoms with Gasteiger partial charge >= 0.3 is 11.9 Å². The van der Waals surface area contributed by atoms with E-state index in [4.69, 9.17) is 15.9 Å². The van der Waals surface area contributed by atoms with Crippen molar-refractivity contribution < 1.29 is 24.6 Å². The first-order valence-corrected chi connectivity index (χ1v) is 5.72. The number of thiazole rings is 1. The molecule has 98 valence electrons. The second-order valence-corrected chi connectivity index (χ2v) is 4.24. The summed E-state index contributed by atoms with van der Waals surface area (Å²) in [6.07, 6.45) is -0.699. The molecule has 1 amide bonds. The van der Waals surface area contributed by atoms with Crippen LogP contribution in [0.25, 0.3) is 0 Å². The number of amides is 1. The number of carbonyl (C=O) groups excluding carboxylic acids is 1. The molecule has 0 aliphatic rings. The van der Waals surface area contributed by atoms with Crippen LogP contribution in [0.2, 0.25) is 0 Å². The summed E-state index contributed by atoms with van der Waals surface area (Å²) in [5.41, 5.74) is 5.35. The number of aliphatic carboxylic acids is 2. The van der Waals surface area contributed by atoms with Gasteiger partial charge in [-0.3, -0.25) is 9.59 Å². The Kier molecular flexibility index (Phi) is 4.75. The number of hydrogen-bond donors (Lipinski definition) is 4. The quantitative estimate of drug-likeness (QED) is 0.534. The van der Waals surface area contributed by atoms with Crippen molar-refractivity contribution >= 4 is 29.2 Å². The molecule has 0 aromatic carbocycles. The highest BCUT2D eigenvalue weighted by Crippen LogP contribution is 2.09. The summed E-state index contributed by atoms with van der Waals surface area (Å²) < 4.78 is 0. The van der Waals surface area contributed by atoms with Crippen molar-refractivity contribution in [1.82, 2.24) is 10.3 Å². The zero-order chi connectivity index (χ0) is 13.7. The van der Waals surface area contributed by atoms with Crippen molar-refractivity contribution in [2.24, 2.45) is 5.73 Å². The molecule has 0 fully saturated rings. The second kappa shape index (κ2) is 6.07. The third kappa shape index (κ3) is 3.79. The maximum Gasteiger partial charge on any atom is 0.326 e. The van der Waals surface area contributed by atoms with Gasteiger partial charge in [0.05, 0.1) is 6.42 Å². The summed E-state index contributed by atoms with van der Waals surface area (Å²) in [5.74, 6) is -3.47. The highest BCUT2D eigenvalue weighted by molar-refractivity contribution is 7.09. The Labute approximate surface area is 105 Å². The number of nitrogens with zero attached hydrogens (tertiary/aromatic N) is 1. The molecule has 0 saturated heterocycles. The zero-order valence-corrected chi connectivity index (χ0v) is 9.94. The van der Waals surface area contributed by atoms with Gasteiger partial charge in [0.25, 0.3) is 5.91 Å². The van der Waals surface area contributed by atoms with Crippen LogP contribution in [-0.4, -0.2) is 39.1 Å². The summed E-state index contributed by atoms with van der Waals surface area (Å²) in [7, 11) is 0. The largest absolute Gasteiger partial charge is 0.481 e. The molecule has 1 heterocycles. The summed E-state index contributed by atoms with van der Waals surface area (Å²) in [6.45, 7) is 0.176. The van der Waals surface area contributed by atoms with Crippen LogP contribution in [0, 0.1) is 0 Å². The lowest BCUT2D eigenvalue weighted by molar-refractivity contribution is -0.145. The highest BCUT2D eigenvalue weighted by Gasteiger charge is 2.24. The van der Waals surface area contributed by atoms with Gasteiger partial charge < -0.3 is 21.3 Å². The molecular weight excluding hydrogens is 262 g/mol. The lowest BCUT2D eigenvalue weighted by Crippen LogP contribution is -2.42. The molecule has 1 rings (SSSR count). The monoisotopic (exact) mass is 273 g/mol. The molecular formula is C9H11N3O5S. The molecule has 1 aromatic heterocycles. The van der Waals surface area contributed by atoms with Crippen LogP contribution in [0.1, 0.15) is 21.9 Å². The van der Waals surface area contributed by atoms with Gasteiger partial charge in [-0.05, 0) is 0 Å². The fraction of sp³-hybridized carbons (Fsp3) is 0.333. The van der Waals surface area contributed by atoms with Gasteiger partial charge in [0, 0.05) is 11.9 Å². The van der Waals surface area contributed by atoms with Crippen molar-refractivity contribution in [3.63, 3.8) is 0 Å². The molecule has 0 spiro atoms. The normalized spacial score (nSPS) is 11.8. The number of carboxylic acids is 2. The molecule has 8 nitrogen and oxygen atoms in total. The molecule has 18 heavy (non-hydrogen) atoms. The first-order chi connectivity index (χ1) is 8.43. The molecule has 0 aliphatic heterocycles. The van der Waals surface area contributed by atoms with E-state index in [0.717, 1.165) is 0 Å². The van der Waals surface area contributed by atoms with E-state index in [1.807, 2.05) is 0 Å². The first kappa shape index (κ1) is 14.1. The number of carboxylic acid groups (broad SMARTS) is 2. The van der Waals surface area contributed by atoms with E-state index in [2.05, 4.69) is 10.3 Å². The number of hydrogen-bond acceptors (Lipinski definition) is 6. The fourth-order valence-corrected chi connectivity index (χ4v) is 1.77. The number of carbonyl (C=O) groups is 3. The Morgan fingerprint density at radius 2 is 2.11 bits per heavy atom. The average Bonchev–Trinajstić information content (AvgIpc) is 2.75. The Hall–Kier alpha value is -2.00. The van der Waals surface area contributed by atoms with Crippen molar-refractivity contribution in [1.29, 1.82) is 0 Å². The standard InChI is InChI=1S/C9H11N3O5S/c10-2-6-11-5(3-18-6)8(15)12-4(9(16)17)1-7(13)14/h3-4H,1-2,10H2,(H,12,15)(H,13,14)(H,16,17). The fourth-order valence-electron chi connectivity index (χ4n) is 1.12. The minimum absolute atomic E-state index is 0.0251. The summed E-state index contributed by atoms with van der Waals surface area (Å²) in [4.78, 5) is 36.7. The smallest absolute Gasteiger partial charge is 0.326 e. The molecule has 1 aromatic rings. The van der Waals surface area contributed by atoms with Gasteiger partial charge in [-0.1, -0.05) is 0 Å². The van der Waals surface area contributed by atoms with Crippen LogP contribution in [0.5, 0.6) is 0 Å².